The van der Waals surface area contributed by atoms with Gasteiger partial charge in [0, 0.05) is 12.6 Å². The second kappa shape index (κ2) is 7.70. The summed E-state index contributed by atoms with van der Waals surface area (Å²) in [7, 11) is 1.64. The van der Waals surface area contributed by atoms with Crippen molar-refractivity contribution in [2.24, 2.45) is 0 Å². The predicted octanol–water partition coefficient (Wildman–Crippen LogP) is 2.77. The van der Waals surface area contributed by atoms with Crippen molar-refractivity contribution in [2.75, 3.05) is 19.4 Å². The van der Waals surface area contributed by atoms with Crippen LogP contribution in [0.1, 0.15) is 26.2 Å². The van der Waals surface area contributed by atoms with Crippen LogP contribution >= 0.6 is 11.8 Å². The van der Waals surface area contributed by atoms with Crippen molar-refractivity contribution < 1.29 is 9.53 Å². The fourth-order valence-electron chi connectivity index (χ4n) is 2.99. The Bertz CT molecular complexity index is 703. The molecular formula is C17H22N4O2S. The monoisotopic (exact) mass is 346 g/mol. The summed E-state index contributed by atoms with van der Waals surface area (Å²) in [6, 6.07) is 8.03. The van der Waals surface area contributed by atoms with Crippen molar-refractivity contribution in [3.8, 4) is 11.4 Å². The van der Waals surface area contributed by atoms with E-state index in [1.54, 1.807) is 13.4 Å². The molecule has 1 amide bonds. The van der Waals surface area contributed by atoms with Crippen LogP contribution in [-0.2, 0) is 4.79 Å². The first-order valence-corrected chi connectivity index (χ1v) is 9.15. The summed E-state index contributed by atoms with van der Waals surface area (Å²) >= 11 is 1.41. The van der Waals surface area contributed by atoms with E-state index >= 15 is 0 Å². The van der Waals surface area contributed by atoms with Gasteiger partial charge in [-0.2, -0.15) is 0 Å². The molecule has 0 saturated carbocycles. The van der Waals surface area contributed by atoms with E-state index in [1.165, 1.54) is 18.2 Å². The maximum atomic E-state index is 12.5. The van der Waals surface area contributed by atoms with Crippen LogP contribution in [0.25, 0.3) is 5.69 Å². The van der Waals surface area contributed by atoms with Gasteiger partial charge >= 0.3 is 0 Å². The first-order valence-electron chi connectivity index (χ1n) is 8.16. The molecule has 0 radical (unpaired) electrons. The molecule has 1 aromatic carbocycles. The Labute approximate surface area is 146 Å². The molecule has 0 N–H and O–H groups in total. The van der Waals surface area contributed by atoms with E-state index in [4.69, 9.17) is 4.74 Å². The molecule has 1 aliphatic rings. The topological polar surface area (TPSA) is 60.2 Å². The highest BCUT2D eigenvalue weighted by Crippen LogP contribution is 2.27. The average Bonchev–Trinajstić information content (AvgIpc) is 3.08. The van der Waals surface area contributed by atoms with Gasteiger partial charge in [0.05, 0.1) is 18.6 Å². The van der Waals surface area contributed by atoms with Gasteiger partial charge in [-0.25, -0.2) is 0 Å². The summed E-state index contributed by atoms with van der Waals surface area (Å²) in [5.41, 5.74) is 0.867. The van der Waals surface area contributed by atoms with Gasteiger partial charge in [-0.05, 0) is 38.3 Å². The van der Waals surface area contributed by atoms with Crippen molar-refractivity contribution in [3.63, 3.8) is 0 Å². The molecule has 24 heavy (non-hydrogen) atoms. The number of thioether (sulfide) groups is 1. The molecule has 1 aliphatic heterocycles. The number of para-hydroxylation sites is 2. The van der Waals surface area contributed by atoms with Gasteiger partial charge in [-0.1, -0.05) is 23.9 Å². The van der Waals surface area contributed by atoms with E-state index in [-0.39, 0.29) is 5.91 Å². The first kappa shape index (κ1) is 16.8. The number of amides is 1. The lowest BCUT2D eigenvalue weighted by Crippen LogP contribution is -2.42. The van der Waals surface area contributed by atoms with Gasteiger partial charge in [0.25, 0.3) is 0 Å². The second-order valence-corrected chi connectivity index (χ2v) is 6.82. The number of methoxy groups -OCH3 is 1. The molecule has 7 heteroatoms. The number of aromatic nitrogens is 3. The summed E-state index contributed by atoms with van der Waals surface area (Å²) in [5.74, 6) is 1.29. The predicted molar refractivity (Wildman–Crippen MR) is 93.7 cm³/mol. The van der Waals surface area contributed by atoms with Crippen LogP contribution in [0.5, 0.6) is 5.75 Å². The van der Waals surface area contributed by atoms with E-state index in [1.807, 2.05) is 33.7 Å². The Kier molecular flexibility index (Phi) is 5.40. The van der Waals surface area contributed by atoms with Crippen molar-refractivity contribution in [1.29, 1.82) is 0 Å². The molecule has 2 aromatic rings. The number of rotatable bonds is 5. The maximum absolute atomic E-state index is 12.5. The first-order chi connectivity index (χ1) is 11.7. The number of hydrogen-bond donors (Lipinski definition) is 0. The van der Waals surface area contributed by atoms with Gasteiger partial charge in [0.2, 0.25) is 5.91 Å². The van der Waals surface area contributed by atoms with Crippen molar-refractivity contribution in [3.05, 3.63) is 30.6 Å². The minimum Gasteiger partial charge on any atom is -0.495 e. The fourth-order valence-corrected chi connectivity index (χ4v) is 3.80. The van der Waals surface area contributed by atoms with Gasteiger partial charge in [0.1, 0.15) is 12.1 Å². The highest BCUT2D eigenvalue weighted by Gasteiger charge is 2.23. The number of carbonyl (C=O) groups excluding carboxylic acids is 1. The standard InChI is InChI=1S/C17H22N4O2S/c1-13-7-5-6-10-20(13)16(22)11-24-17-19-18-12-21(17)14-8-3-4-9-15(14)23-2/h3-4,8-9,12-13H,5-7,10-11H2,1-2H3/t13-/m0/s1. The molecule has 128 valence electrons. The second-order valence-electron chi connectivity index (χ2n) is 5.88. The molecule has 0 spiro atoms. The summed E-state index contributed by atoms with van der Waals surface area (Å²) < 4.78 is 7.26. The van der Waals surface area contributed by atoms with Gasteiger partial charge in [-0.15, -0.1) is 10.2 Å². The lowest BCUT2D eigenvalue weighted by Gasteiger charge is -2.33. The van der Waals surface area contributed by atoms with E-state index in [9.17, 15) is 4.79 Å². The molecule has 0 bridgehead atoms. The quantitative estimate of drug-likeness (QED) is 0.779. The SMILES string of the molecule is COc1ccccc1-n1cnnc1SCC(=O)N1CCCC[C@@H]1C. The lowest BCUT2D eigenvalue weighted by molar-refractivity contribution is -0.131. The van der Waals surface area contributed by atoms with Gasteiger partial charge < -0.3 is 9.64 Å². The molecule has 1 fully saturated rings. The number of nitrogens with zero attached hydrogens (tertiary/aromatic N) is 4. The number of piperidine rings is 1. The van der Waals surface area contributed by atoms with Crippen LogP contribution in [0.3, 0.4) is 0 Å². The largest absolute Gasteiger partial charge is 0.495 e. The van der Waals surface area contributed by atoms with Crippen LogP contribution < -0.4 is 4.74 Å². The molecule has 2 heterocycles. The summed E-state index contributed by atoms with van der Waals surface area (Å²) in [6.07, 6.45) is 5.04. The normalized spacial score (nSPS) is 17.8. The van der Waals surface area contributed by atoms with Crippen molar-refractivity contribution in [2.45, 2.75) is 37.4 Å². The zero-order chi connectivity index (χ0) is 16.9. The Morgan fingerprint density at radius 1 is 1.38 bits per heavy atom. The van der Waals surface area contributed by atoms with Crippen LogP contribution in [0.2, 0.25) is 0 Å². The highest BCUT2D eigenvalue weighted by molar-refractivity contribution is 7.99. The zero-order valence-corrected chi connectivity index (χ0v) is 14.8. The molecule has 1 aromatic heterocycles. The third-order valence-corrected chi connectivity index (χ3v) is 5.24. The molecular weight excluding hydrogens is 324 g/mol. The van der Waals surface area contributed by atoms with Crippen LogP contribution in [-0.4, -0.2) is 51.0 Å². The average molecular weight is 346 g/mol. The molecule has 0 aliphatic carbocycles. The van der Waals surface area contributed by atoms with E-state index < -0.39 is 0 Å². The third kappa shape index (κ3) is 3.56. The zero-order valence-electron chi connectivity index (χ0n) is 14.0. The van der Waals surface area contributed by atoms with Gasteiger partial charge in [-0.3, -0.25) is 9.36 Å². The number of ether oxygens (including phenoxy) is 1. The van der Waals surface area contributed by atoms with E-state index in [2.05, 4.69) is 17.1 Å². The minimum atomic E-state index is 0.168. The Morgan fingerprint density at radius 2 is 2.21 bits per heavy atom. The molecule has 0 unspecified atom stereocenters. The van der Waals surface area contributed by atoms with Gasteiger partial charge in [0.15, 0.2) is 5.16 Å². The van der Waals surface area contributed by atoms with Crippen molar-refractivity contribution in [1.82, 2.24) is 19.7 Å². The maximum Gasteiger partial charge on any atom is 0.233 e. The summed E-state index contributed by atoms with van der Waals surface area (Å²) in [5, 5.41) is 8.84. The van der Waals surface area contributed by atoms with Crippen LogP contribution in [0, 0.1) is 0 Å². The minimum absolute atomic E-state index is 0.168. The summed E-state index contributed by atoms with van der Waals surface area (Å²) in [6.45, 7) is 2.98. The lowest BCUT2D eigenvalue weighted by atomic mass is 10.0. The number of carbonyl (C=O) groups is 1. The number of likely N-dealkylation sites (tertiary alicyclic amines) is 1. The molecule has 1 saturated heterocycles. The highest BCUT2D eigenvalue weighted by atomic mass is 32.2. The number of benzene rings is 1. The van der Waals surface area contributed by atoms with E-state index in [0.29, 0.717) is 17.0 Å². The summed E-state index contributed by atoms with van der Waals surface area (Å²) in [4.78, 5) is 14.5. The van der Waals surface area contributed by atoms with E-state index in [0.717, 1.165) is 30.8 Å². The Morgan fingerprint density at radius 3 is 3.00 bits per heavy atom. The molecule has 1 atom stereocenters. The molecule has 3 rings (SSSR count). The number of hydrogen-bond acceptors (Lipinski definition) is 5. The Hall–Kier alpha value is -2.02. The van der Waals surface area contributed by atoms with Crippen LogP contribution in [0.15, 0.2) is 35.7 Å². The van der Waals surface area contributed by atoms with Crippen LogP contribution in [0.4, 0.5) is 0 Å². The fraction of sp³-hybridized carbons (Fsp3) is 0.471. The Balaban J connectivity index is 1.71. The smallest absolute Gasteiger partial charge is 0.233 e. The third-order valence-electron chi connectivity index (χ3n) is 4.31. The van der Waals surface area contributed by atoms with Crippen molar-refractivity contribution >= 4 is 17.7 Å². The molecule has 6 nitrogen and oxygen atoms in total.